The molecule has 3 rings (SSSR count). The number of carboxylic acids is 1. The SMILES string of the molecule is O=C(O)c1ccncc1-c1ccc(OC2CC2)cc1. The van der Waals surface area contributed by atoms with Crippen LogP contribution in [-0.2, 0) is 0 Å². The molecule has 96 valence electrons. The highest BCUT2D eigenvalue weighted by molar-refractivity contribution is 5.95. The standard InChI is InChI=1S/C15H13NO3/c17-15(18)13-7-8-16-9-14(13)10-1-3-11(4-2-10)19-12-5-6-12/h1-4,7-9,12H,5-6H2,(H,17,18). The van der Waals surface area contributed by atoms with E-state index in [-0.39, 0.29) is 5.56 Å². The molecule has 1 aromatic heterocycles. The summed E-state index contributed by atoms with van der Waals surface area (Å²) in [4.78, 5) is 15.2. The van der Waals surface area contributed by atoms with E-state index in [9.17, 15) is 4.79 Å². The van der Waals surface area contributed by atoms with E-state index >= 15 is 0 Å². The Balaban J connectivity index is 1.91. The van der Waals surface area contributed by atoms with Crippen molar-refractivity contribution in [2.75, 3.05) is 0 Å². The fraction of sp³-hybridized carbons (Fsp3) is 0.200. The fourth-order valence-corrected chi connectivity index (χ4v) is 1.90. The molecule has 1 aliphatic rings. The molecule has 0 spiro atoms. The lowest BCUT2D eigenvalue weighted by atomic mass is 10.0. The quantitative estimate of drug-likeness (QED) is 0.912. The normalized spacial score (nSPS) is 14.1. The molecule has 1 heterocycles. The van der Waals surface area contributed by atoms with Gasteiger partial charge in [0.1, 0.15) is 5.75 Å². The molecule has 0 atom stereocenters. The maximum absolute atomic E-state index is 11.2. The molecule has 0 bridgehead atoms. The minimum atomic E-state index is -0.948. The molecule has 0 radical (unpaired) electrons. The molecule has 0 aliphatic heterocycles. The van der Waals surface area contributed by atoms with Gasteiger partial charge in [0.15, 0.2) is 0 Å². The highest BCUT2D eigenvalue weighted by atomic mass is 16.5. The first kappa shape index (κ1) is 11.7. The number of aromatic carboxylic acids is 1. The summed E-state index contributed by atoms with van der Waals surface area (Å²) in [6, 6.07) is 8.97. The lowest BCUT2D eigenvalue weighted by Crippen LogP contribution is -2.00. The van der Waals surface area contributed by atoms with Gasteiger partial charge < -0.3 is 9.84 Å². The smallest absolute Gasteiger partial charge is 0.336 e. The predicted octanol–water partition coefficient (Wildman–Crippen LogP) is 2.99. The van der Waals surface area contributed by atoms with Crippen LogP contribution >= 0.6 is 0 Å². The van der Waals surface area contributed by atoms with E-state index in [1.54, 1.807) is 6.20 Å². The molecule has 2 aromatic rings. The van der Waals surface area contributed by atoms with Crippen LogP contribution in [0.25, 0.3) is 11.1 Å². The van der Waals surface area contributed by atoms with Crippen LogP contribution in [0.1, 0.15) is 23.2 Å². The Morgan fingerprint density at radius 2 is 1.95 bits per heavy atom. The summed E-state index contributed by atoms with van der Waals surface area (Å²) in [7, 11) is 0. The second kappa shape index (κ2) is 4.72. The van der Waals surface area contributed by atoms with Gasteiger partial charge in [0, 0.05) is 18.0 Å². The first-order chi connectivity index (χ1) is 9.24. The number of carbonyl (C=O) groups is 1. The third-order valence-corrected chi connectivity index (χ3v) is 3.04. The Bertz CT molecular complexity index is 603. The van der Waals surface area contributed by atoms with E-state index in [1.807, 2.05) is 24.3 Å². The number of hydrogen-bond donors (Lipinski definition) is 1. The molecule has 4 heteroatoms. The van der Waals surface area contributed by atoms with Crippen LogP contribution in [0.2, 0.25) is 0 Å². The van der Waals surface area contributed by atoms with Crippen LogP contribution in [-0.4, -0.2) is 22.2 Å². The third-order valence-electron chi connectivity index (χ3n) is 3.04. The minimum absolute atomic E-state index is 0.255. The van der Waals surface area contributed by atoms with E-state index in [0.29, 0.717) is 11.7 Å². The van der Waals surface area contributed by atoms with Gasteiger partial charge in [-0.05, 0) is 36.6 Å². The largest absolute Gasteiger partial charge is 0.490 e. The second-order valence-corrected chi connectivity index (χ2v) is 4.57. The van der Waals surface area contributed by atoms with Gasteiger partial charge in [-0.2, -0.15) is 0 Å². The second-order valence-electron chi connectivity index (χ2n) is 4.57. The molecule has 1 saturated carbocycles. The molecular weight excluding hydrogens is 242 g/mol. The van der Waals surface area contributed by atoms with Gasteiger partial charge in [-0.25, -0.2) is 4.79 Å². The Morgan fingerprint density at radius 3 is 2.58 bits per heavy atom. The maximum atomic E-state index is 11.2. The van der Waals surface area contributed by atoms with Crippen molar-refractivity contribution >= 4 is 5.97 Å². The highest BCUT2D eigenvalue weighted by Crippen LogP contribution is 2.29. The monoisotopic (exact) mass is 255 g/mol. The summed E-state index contributed by atoms with van der Waals surface area (Å²) in [6.45, 7) is 0. The maximum Gasteiger partial charge on any atom is 0.336 e. The first-order valence-electron chi connectivity index (χ1n) is 6.18. The molecule has 0 amide bonds. The van der Waals surface area contributed by atoms with E-state index in [0.717, 1.165) is 24.2 Å². The number of pyridine rings is 1. The van der Waals surface area contributed by atoms with Crippen molar-refractivity contribution in [1.29, 1.82) is 0 Å². The summed E-state index contributed by atoms with van der Waals surface area (Å²) in [5.41, 5.74) is 1.70. The van der Waals surface area contributed by atoms with E-state index in [2.05, 4.69) is 4.98 Å². The van der Waals surface area contributed by atoms with Crippen LogP contribution in [0.4, 0.5) is 0 Å². The van der Waals surface area contributed by atoms with Crippen molar-refractivity contribution in [2.24, 2.45) is 0 Å². The zero-order valence-corrected chi connectivity index (χ0v) is 10.2. The summed E-state index contributed by atoms with van der Waals surface area (Å²) >= 11 is 0. The molecular formula is C15H13NO3. The molecule has 0 saturated heterocycles. The lowest BCUT2D eigenvalue weighted by molar-refractivity contribution is 0.0697. The van der Waals surface area contributed by atoms with Gasteiger partial charge in [0.2, 0.25) is 0 Å². The van der Waals surface area contributed by atoms with Crippen LogP contribution in [0, 0.1) is 0 Å². The number of nitrogens with zero attached hydrogens (tertiary/aromatic N) is 1. The number of hydrogen-bond acceptors (Lipinski definition) is 3. The molecule has 1 fully saturated rings. The molecule has 1 N–H and O–H groups in total. The number of carboxylic acid groups (broad SMARTS) is 1. The Hall–Kier alpha value is -2.36. The van der Waals surface area contributed by atoms with Gasteiger partial charge in [0.05, 0.1) is 11.7 Å². The number of ether oxygens (including phenoxy) is 1. The molecule has 19 heavy (non-hydrogen) atoms. The lowest BCUT2D eigenvalue weighted by Gasteiger charge is -2.07. The van der Waals surface area contributed by atoms with Crippen molar-refractivity contribution in [3.8, 4) is 16.9 Å². The van der Waals surface area contributed by atoms with Crippen LogP contribution < -0.4 is 4.74 Å². The van der Waals surface area contributed by atoms with Crippen molar-refractivity contribution in [3.63, 3.8) is 0 Å². The van der Waals surface area contributed by atoms with E-state index in [1.165, 1.54) is 12.3 Å². The molecule has 1 aromatic carbocycles. The van der Waals surface area contributed by atoms with Crippen LogP contribution in [0.15, 0.2) is 42.7 Å². The van der Waals surface area contributed by atoms with Crippen LogP contribution in [0.3, 0.4) is 0 Å². The highest BCUT2D eigenvalue weighted by Gasteiger charge is 2.23. The number of rotatable bonds is 4. The van der Waals surface area contributed by atoms with Crippen molar-refractivity contribution < 1.29 is 14.6 Å². The van der Waals surface area contributed by atoms with E-state index in [4.69, 9.17) is 9.84 Å². The van der Waals surface area contributed by atoms with Gasteiger partial charge in [-0.1, -0.05) is 12.1 Å². The molecule has 1 aliphatic carbocycles. The van der Waals surface area contributed by atoms with Crippen molar-refractivity contribution in [2.45, 2.75) is 18.9 Å². The van der Waals surface area contributed by atoms with Crippen molar-refractivity contribution in [1.82, 2.24) is 4.98 Å². The summed E-state index contributed by atoms with van der Waals surface area (Å²) < 4.78 is 5.66. The van der Waals surface area contributed by atoms with Gasteiger partial charge >= 0.3 is 5.97 Å². The van der Waals surface area contributed by atoms with Crippen molar-refractivity contribution in [3.05, 3.63) is 48.3 Å². The Morgan fingerprint density at radius 1 is 1.21 bits per heavy atom. The predicted molar refractivity (Wildman–Crippen MR) is 70.3 cm³/mol. The zero-order chi connectivity index (χ0) is 13.2. The van der Waals surface area contributed by atoms with Gasteiger partial charge in [-0.3, -0.25) is 4.98 Å². The summed E-state index contributed by atoms with van der Waals surface area (Å²) in [6.07, 6.45) is 5.65. The van der Waals surface area contributed by atoms with Gasteiger partial charge in [-0.15, -0.1) is 0 Å². The summed E-state index contributed by atoms with van der Waals surface area (Å²) in [5.74, 6) is -0.122. The molecule has 4 nitrogen and oxygen atoms in total. The minimum Gasteiger partial charge on any atom is -0.490 e. The average Bonchev–Trinajstić information content (AvgIpc) is 3.23. The number of benzene rings is 1. The fourth-order valence-electron chi connectivity index (χ4n) is 1.90. The molecule has 0 unspecified atom stereocenters. The number of aromatic nitrogens is 1. The summed E-state index contributed by atoms with van der Waals surface area (Å²) in [5, 5.41) is 9.16. The third kappa shape index (κ3) is 2.57. The zero-order valence-electron chi connectivity index (χ0n) is 10.2. The van der Waals surface area contributed by atoms with E-state index < -0.39 is 5.97 Å². The Kier molecular flexibility index (Phi) is 2.91. The average molecular weight is 255 g/mol. The topological polar surface area (TPSA) is 59.4 Å². The Labute approximate surface area is 110 Å². The first-order valence-corrected chi connectivity index (χ1v) is 6.18. The van der Waals surface area contributed by atoms with Gasteiger partial charge in [0.25, 0.3) is 0 Å². The van der Waals surface area contributed by atoms with Crippen LogP contribution in [0.5, 0.6) is 5.75 Å².